The maximum Gasteiger partial charge on any atom is 0.416 e. The van der Waals surface area contributed by atoms with Gasteiger partial charge >= 0.3 is 12.2 Å². The van der Waals surface area contributed by atoms with Gasteiger partial charge in [0.15, 0.2) is 0 Å². The molecule has 0 bridgehead atoms. The number of alkyl halides is 3. The maximum absolute atomic E-state index is 12.8. The molecule has 2 aliphatic rings. The first-order valence-corrected chi connectivity index (χ1v) is 10.6. The van der Waals surface area contributed by atoms with Crippen LogP contribution in [0.2, 0.25) is 0 Å². The molecular weight excluding hydrogens is 451 g/mol. The van der Waals surface area contributed by atoms with Gasteiger partial charge < -0.3 is 19.5 Å². The van der Waals surface area contributed by atoms with E-state index in [9.17, 15) is 18.0 Å². The molecule has 9 nitrogen and oxygen atoms in total. The monoisotopic (exact) mass is 473 g/mol. The molecule has 1 atom stereocenters. The summed E-state index contributed by atoms with van der Waals surface area (Å²) in [4.78, 5) is 29.1. The lowest BCUT2D eigenvalue weighted by molar-refractivity contribution is -0.137. The quantitative estimate of drug-likeness (QED) is 0.610. The number of ether oxygens (including phenoxy) is 1. The number of aromatic nitrogens is 4. The Bertz CT molecular complexity index is 1210. The molecule has 2 amide bonds. The molecule has 0 radical (unpaired) electrons. The molecule has 1 spiro atoms. The molecule has 1 aromatic carbocycles. The van der Waals surface area contributed by atoms with Gasteiger partial charge in [-0.1, -0.05) is 0 Å². The molecule has 34 heavy (non-hydrogen) atoms. The normalized spacial score (nSPS) is 18.3. The number of halogens is 3. The standard InChI is InChI=1S/C22H22F3N7O2/c1-14(17-9-31(13-27-17)16-5-3-15(4-6-16)22(23,24)25)28-19-26-8-7-18(29-19)32-10-21(11-34-12-21)30(2)20(32)33/h3-9,13-14H,10-12H2,1-2H3,(H,26,28,29)/t14-/m0/s1. The molecule has 0 aliphatic carbocycles. The number of likely N-dealkylation sites (N-methyl/N-ethyl adjacent to an activating group) is 1. The maximum atomic E-state index is 12.8. The van der Waals surface area contributed by atoms with Crippen LogP contribution in [0.5, 0.6) is 0 Å². The van der Waals surface area contributed by atoms with Crippen molar-refractivity contribution in [1.82, 2.24) is 24.4 Å². The predicted molar refractivity (Wildman–Crippen MR) is 117 cm³/mol. The Kier molecular flexibility index (Phi) is 5.19. The second-order valence-corrected chi connectivity index (χ2v) is 8.50. The number of carbonyl (C=O) groups excluding carboxylic acids is 1. The number of carbonyl (C=O) groups is 1. The van der Waals surface area contributed by atoms with Gasteiger partial charge in [-0.15, -0.1) is 0 Å². The molecule has 0 saturated carbocycles. The van der Waals surface area contributed by atoms with Gasteiger partial charge in [0, 0.05) is 25.1 Å². The first-order valence-electron chi connectivity index (χ1n) is 10.6. The van der Waals surface area contributed by atoms with Crippen molar-refractivity contribution in [3.8, 4) is 5.69 Å². The smallest absolute Gasteiger partial charge is 0.376 e. The number of amides is 2. The lowest BCUT2D eigenvalue weighted by Crippen LogP contribution is -2.60. The highest BCUT2D eigenvalue weighted by molar-refractivity contribution is 5.94. The fourth-order valence-corrected chi connectivity index (χ4v) is 4.02. The molecule has 2 aliphatic heterocycles. The Labute approximate surface area is 193 Å². The minimum Gasteiger partial charge on any atom is -0.376 e. The Morgan fingerprint density at radius 3 is 2.50 bits per heavy atom. The molecule has 2 saturated heterocycles. The van der Waals surface area contributed by atoms with E-state index in [1.807, 2.05) is 6.92 Å². The molecule has 2 fully saturated rings. The molecule has 0 unspecified atom stereocenters. The van der Waals surface area contributed by atoms with Crippen LogP contribution in [0.4, 0.5) is 29.7 Å². The van der Waals surface area contributed by atoms with Crippen LogP contribution >= 0.6 is 0 Å². The topological polar surface area (TPSA) is 88.4 Å². The van der Waals surface area contributed by atoms with E-state index in [2.05, 4.69) is 20.3 Å². The summed E-state index contributed by atoms with van der Waals surface area (Å²) in [5, 5.41) is 3.17. The summed E-state index contributed by atoms with van der Waals surface area (Å²) in [7, 11) is 1.76. The van der Waals surface area contributed by atoms with Gasteiger partial charge in [0.05, 0.1) is 43.4 Å². The van der Waals surface area contributed by atoms with Crippen molar-refractivity contribution < 1.29 is 22.7 Å². The fourth-order valence-electron chi connectivity index (χ4n) is 4.02. The van der Waals surface area contributed by atoms with Crippen molar-refractivity contribution in [3.05, 3.63) is 60.3 Å². The van der Waals surface area contributed by atoms with E-state index in [1.54, 1.807) is 39.9 Å². The van der Waals surface area contributed by atoms with E-state index in [-0.39, 0.29) is 17.6 Å². The van der Waals surface area contributed by atoms with E-state index in [1.165, 1.54) is 18.5 Å². The van der Waals surface area contributed by atoms with Gasteiger partial charge in [-0.3, -0.25) is 4.90 Å². The second kappa shape index (κ2) is 7.97. The highest BCUT2D eigenvalue weighted by Gasteiger charge is 2.53. The third-order valence-electron chi connectivity index (χ3n) is 6.23. The first kappa shape index (κ1) is 22.1. The first-order chi connectivity index (χ1) is 16.2. The van der Waals surface area contributed by atoms with Crippen LogP contribution < -0.4 is 10.2 Å². The van der Waals surface area contributed by atoms with Gasteiger partial charge in [0.2, 0.25) is 5.95 Å². The van der Waals surface area contributed by atoms with Crippen molar-refractivity contribution in [2.75, 3.05) is 37.0 Å². The van der Waals surface area contributed by atoms with Crippen LogP contribution in [0.15, 0.2) is 49.1 Å². The summed E-state index contributed by atoms with van der Waals surface area (Å²) in [5.74, 6) is 0.816. The molecule has 2 aromatic heterocycles. The zero-order valence-electron chi connectivity index (χ0n) is 18.5. The van der Waals surface area contributed by atoms with E-state index >= 15 is 0 Å². The van der Waals surface area contributed by atoms with Crippen molar-refractivity contribution in [2.45, 2.75) is 24.7 Å². The third-order valence-corrected chi connectivity index (χ3v) is 6.23. The van der Waals surface area contributed by atoms with Crippen LogP contribution in [0.25, 0.3) is 5.69 Å². The highest BCUT2D eigenvalue weighted by Crippen LogP contribution is 2.34. The van der Waals surface area contributed by atoms with E-state index < -0.39 is 11.7 Å². The Balaban J connectivity index is 1.29. The Morgan fingerprint density at radius 2 is 1.88 bits per heavy atom. The van der Waals surface area contributed by atoms with Gasteiger partial charge in [-0.05, 0) is 37.3 Å². The van der Waals surface area contributed by atoms with Crippen LogP contribution in [0, 0.1) is 0 Å². The van der Waals surface area contributed by atoms with Crippen molar-refractivity contribution in [1.29, 1.82) is 0 Å². The molecule has 4 heterocycles. The summed E-state index contributed by atoms with van der Waals surface area (Å²) in [6.45, 7) is 3.36. The highest BCUT2D eigenvalue weighted by atomic mass is 19.4. The zero-order valence-corrected chi connectivity index (χ0v) is 18.5. The Hall–Kier alpha value is -3.67. The van der Waals surface area contributed by atoms with Crippen LogP contribution in [0.1, 0.15) is 24.2 Å². The number of urea groups is 1. The number of hydrogen-bond donors (Lipinski definition) is 1. The average molecular weight is 473 g/mol. The second-order valence-electron chi connectivity index (χ2n) is 8.50. The van der Waals surface area contributed by atoms with E-state index in [4.69, 9.17) is 4.74 Å². The summed E-state index contributed by atoms with van der Waals surface area (Å²) in [6, 6.07) is 6.09. The lowest BCUT2D eigenvalue weighted by Gasteiger charge is -2.41. The minimum atomic E-state index is -4.38. The molecule has 3 aromatic rings. The number of imidazole rings is 1. The van der Waals surface area contributed by atoms with Crippen LogP contribution in [0.3, 0.4) is 0 Å². The zero-order chi connectivity index (χ0) is 24.1. The largest absolute Gasteiger partial charge is 0.416 e. The van der Waals surface area contributed by atoms with Crippen molar-refractivity contribution >= 4 is 17.8 Å². The van der Waals surface area contributed by atoms with E-state index in [0.717, 1.165) is 12.1 Å². The molecule has 1 N–H and O–H groups in total. The Morgan fingerprint density at radius 1 is 1.15 bits per heavy atom. The van der Waals surface area contributed by atoms with E-state index in [0.29, 0.717) is 42.9 Å². The number of rotatable bonds is 5. The number of nitrogens with one attached hydrogen (secondary N) is 1. The van der Waals surface area contributed by atoms with Gasteiger partial charge in [0.25, 0.3) is 0 Å². The average Bonchev–Trinajstić information content (AvgIpc) is 3.38. The van der Waals surface area contributed by atoms with Crippen LogP contribution in [-0.4, -0.2) is 62.8 Å². The fraction of sp³-hybridized carbons (Fsp3) is 0.364. The van der Waals surface area contributed by atoms with Crippen molar-refractivity contribution in [2.24, 2.45) is 0 Å². The number of benzene rings is 1. The van der Waals surface area contributed by atoms with Gasteiger partial charge in [0.1, 0.15) is 11.4 Å². The van der Waals surface area contributed by atoms with Gasteiger partial charge in [-0.25, -0.2) is 14.8 Å². The molecule has 12 heteroatoms. The molecular formula is C22H22F3N7O2. The van der Waals surface area contributed by atoms with Gasteiger partial charge in [-0.2, -0.15) is 18.2 Å². The molecule has 178 valence electrons. The number of nitrogens with zero attached hydrogens (tertiary/aromatic N) is 6. The minimum absolute atomic E-state index is 0.142. The third kappa shape index (κ3) is 3.83. The lowest BCUT2D eigenvalue weighted by atomic mass is 9.97. The molecule has 5 rings (SSSR count). The van der Waals surface area contributed by atoms with Crippen molar-refractivity contribution in [3.63, 3.8) is 0 Å². The summed E-state index contributed by atoms with van der Waals surface area (Å²) < 4.78 is 45.4. The number of hydrogen-bond acceptors (Lipinski definition) is 6. The predicted octanol–water partition coefficient (Wildman–Crippen LogP) is 3.50. The SMILES string of the molecule is C[C@H](Nc1nccc(N2CC3(COC3)N(C)C2=O)n1)c1cn(-c2ccc(C(F)(F)F)cc2)cn1. The summed E-state index contributed by atoms with van der Waals surface area (Å²) >= 11 is 0. The van der Waals surface area contributed by atoms with Crippen LogP contribution in [-0.2, 0) is 10.9 Å². The summed E-state index contributed by atoms with van der Waals surface area (Å²) in [5.41, 5.74) is 0.190. The summed E-state index contributed by atoms with van der Waals surface area (Å²) in [6.07, 6.45) is 0.455. The number of anilines is 2.